The lowest BCUT2D eigenvalue weighted by molar-refractivity contribution is 0.0730. The van der Waals surface area contributed by atoms with Crippen LogP contribution in [0.3, 0.4) is 0 Å². The molecule has 0 amide bonds. The number of ether oxygens (including phenoxy) is 3. The van der Waals surface area contributed by atoms with Crippen LogP contribution in [0.1, 0.15) is 5.56 Å². The summed E-state index contributed by atoms with van der Waals surface area (Å²) in [5.41, 5.74) is 3.66. The normalized spacial score (nSPS) is 14.6. The maximum atomic E-state index is 13.1. The van der Waals surface area contributed by atoms with E-state index in [2.05, 4.69) is 4.57 Å². The van der Waals surface area contributed by atoms with Crippen LogP contribution in [-0.4, -0.2) is 57.8 Å². The molecule has 0 aliphatic carbocycles. The number of methoxy groups -OCH3 is 2. The van der Waals surface area contributed by atoms with Crippen molar-refractivity contribution < 1.29 is 22.6 Å². The second kappa shape index (κ2) is 12.9. The highest BCUT2D eigenvalue weighted by molar-refractivity contribution is 8.93. The quantitative estimate of drug-likeness (QED) is 0.270. The van der Waals surface area contributed by atoms with Gasteiger partial charge in [0.25, 0.3) is 0 Å². The van der Waals surface area contributed by atoms with E-state index >= 15 is 0 Å². The summed E-state index contributed by atoms with van der Waals surface area (Å²) in [6.45, 7) is 2.13. The summed E-state index contributed by atoms with van der Waals surface area (Å²) in [6, 6.07) is 22.6. The van der Waals surface area contributed by atoms with Gasteiger partial charge in [0, 0.05) is 18.5 Å². The van der Waals surface area contributed by atoms with Gasteiger partial charge in [-0.1, -0.05) is 36.4 Å². The molecule has 206 valence electrons. The predicted molar refractivity (Wildman–Crippen MR) is 158 cm³/mol. The molecule has 1 aliphatic rings. The van der Waals surface area contributed by atoms with Gasteiger partial charge in [0.15, 0.2) is 4.80 Å². The van der Waals surface area contributed by atoms with Gasteiger partial charge in [-0.2, -0.15) is 4.31 Å². The van der Waals surface area contributed by atoms with Crippen molar-refractivity contribution in [2.75, 3.05) is 40.5 Å². The van der Waals surface area contributed by atoms with Crippen LogP contribution in [0.15, 0.2) is 88.1 Å². The van der Waals surface area contributed by atoms with E-state index in [9.17, 15) is 8.42 Å². The van der Waals surface area contributed by atoms with Crippen LogP contribution in [0.25, 0.3) is 11.3 Å². The standard InChI is InChI=1S/C28H29N3O5S2.BrH/c1-34-23-11-7-21(8-12-23)19-31-26(20-37-28(31)29-25-5-3-4-6-27(25)35-2)22-9-13-24(14-10-22)38(32,33)30-15-17-36-18-16-30;/h3-14,20H,15-19H2,1-2H3;1H. The Kier molecular flexibility index (Phi) is 9.62. The topological polar surface area (TPSA) is 82.4 Å². The smallest absolute Gasteiger partial charge is 0.243 e. The van der Waals surface area contributed by atoms with Gasteiger partial charge in [-0.15, -0.1) is 28.3 Å². The molecule has 3 aromatic carbocycles. The number of hydrogen-bond donors (Lipinski definition) is 0. The van der Waals surface area contributed by atoms with Crippen LogP contribution in [0.4, 0.5) is 5.69 Å². The Labute approximate surface area is 242 Å². The van der Waals surface area contributed by atoms with Gasteiger partial charge in [0.2, 0.25) is 10.0 Å². The van der Waals surface area contributed by atoms with Gasteiger partial charge in [-0.05, 0) is 47.5 Å². The SMILES string of the molecule is Br.COc1ccc(Cn2c(-c3ccc(S(=O)(=O)N4CCOCC4)cc3)csc2=Nc2ccccc2OC)cc1. The highest BCUT2D eigenvalue weighted by Gasteiger charge is 2.26. The minimum Gasteiger partial charge on any atom is -0.497 e. The zero-order chi connectivity index (χ0) is 26.5. The summed E-state index contributed by atoms with van der Waals surface area (Å²) in [5, 5.41) is 2.04. The molecule has 1 aromatic heterocycles. The third-order valence-electron chi connectivity index (χ3n) is 6.36. The Bertz CT molecular complexity index is 1560. The van der Waals surface area contributed by atoms with Crippen LogP contribution < -0.4 is 14.3 Å². The Morgan fingerprint density at radius 1 is 0.923 bits per heavy atom. The van der Waals surface area contributed by atoms with E-state index in [0.717, 1.165) is 33.1 Å². The summed E-state index contributed by atoms with van der Waals surface area (Å²) < 4.78 is 45.9. The lowest BCUT2D eigenvalue weighted by Gasteiger charge is -2.26. The molecule has 2 heterocycles. The third-order valence-corrected chi connectivity index (χ3v) is 9.13. The van der Waals surface area contributed by atoms with Crippen molar-refractivity contribution in [3.8, 4) is 22.8 Å². The first-order valence-corrected chi connectivity index (χ1v) is 14.5. The first-order chi connectivity index (χ1) is 18.5. The first-order valence-electron chi connectivity index (χ1n) is 12.2. The van der Waals surface area contributed by atoms with Gasteiger partial charge in [0.1, 0.15) is 17.2 Å². The molecule has 39 heavy (non-hydrogen) atoms. The Balaban J connectivity index is 0.00000353. The number of halogens is 1. The minimum absolute atomic E-state index is 0. The maximum absolute atomic E-state index is 13.1. The zero-order valence-corrected chi connectivity index (χ0v) is 25.0. The first kappa shape index (κ1) is 29.0. The van der Waals surface area contributed by atoms with Crippen molar-refractivity contribution in [1.29, 1.82) is 0 Å². The second-order valence-electron chi connectivity index (χ2n) is 8.66. The fourth-order valence-electron chi connectivity index (χ4n) is 4.27. The van der Waals surface area contributed by atoms with Crippen LogP contribution in [0.2, 0.25) is 0 Å². The van der Waals surface area contributed by atoms with Crippen molar-refractivity contribution in [2.24, 2.45) is 4.99 Å². The Hall–Kier alpha value is -2.96. The van der Waals surface area contributed by atoms with Crippen molar-refractivity contribution in [1.82, 2.24) is 8.87 Å². The third kappa shape index (κ3) is 6.44. The van der Waals surface area contributed by atoms with Crippen LogP contribution in [0.5, 0.6) is 11.5 Å². The molecule has 5 rings (SSSR count). The lowest BCUT2D eigenvalue weighted by Crippen LogP contribution is -2.40. The second-order valence-corrected chi connectivity index (χ2v) is 11.4. The fraction of sp³-hybridized carbons (Fsp3) is 0.250. The van der Waals surface area contributed by atoms with Gasteiger partial charge in [-0.25, -0.2) is 13.4 Å². The predicted octanol–water partition coefficient (Wildman–Crippen LogP) is 5.11. The van der Waals surface area contributed by atoms with E-state index in [4.69, 9.17) is 19.2 Å². The van der Waals surface area contributed by atoms with Crippen LogP contribution in [-0.2, 0) is 21.3 Å². The maximum Gasteiger partial charge on any atom is 0.243 e. The average molecular weight is 633 g/mol. The molecule has 0 saturated carbocycles. The van der Waals surface area contributed by atoms with Crippen molar-refractivity contribution in [3.05, 3.63) is 88.5 Å². The molecule has 0 bridgehead atoms. The summed E-state index contributed by atoms with van der Waals surface area (Å²) in [7, 11) is -0.287. The van der Waals surface area contributed by atoms with E-state index < -0.39 is 10.0 Å². The molecule has 0 N–H and O–H groups in total. The number of hydrogen-bond acceptors (Lipinski definition) is 7. The highest BCUT2D eigenvalue weighted by atomic mass is 79.9. The number of nitrogens with zero attached hydrogens (tertiary/aromatic N) is 3. The van der Waals surface area contributed by atoms with E-state index in [1.54, 1.807) is 26.4 Å². The summed E-state index contributed by atoms with van der Waals surface area (Å²) in [4.78, 5) is 6.00. The number of benzene rings is 3. The van der Waals surface area contributed by atoms with E-state index in [-0.39, 0.29) is 21.9 Å². The molecule has 0 unspecified atom stereocenters. The molecule has 0 atom stereocenters. The lowest BCUT2D eigenvalue weighted by atomic mass is 10.1. The van der Waals surface area contributed by atoms with Crippen LogP contribution >= 0.6 is 28.3 Å². The average Bonchev–Trinajstić information content (AvgIpc) is 3.36. The number of aromatic nitrogens is 1. The molecular formula is C28H30BrN3O5S2. The van der Waals surface area contributed by atoms with Gasteiger partial charge < -0.3 is 18.8 Å². The zero-order valence-electron chi connectivity index (χ0n) is 21.6. The molecule has 1 fully saturated rings. The number of para-hydroxylation sites is 2. The van der Waals surface area contributed by atoms with Crippen molar-refractivity contribution in [3.63, 3.8) is 0 Å². The van der Waals surface area contributed by atoms with Gasteiger partial charge in [0.05, 0.1) is 44.6 Å². The fourth-order valence-corrected chi connectivity index (χ4v) is 6.60. The van der Waals surface area contributed by atoms with E-state index in [0.29, 0.717) is 38.6 Å². The largest absolute Gasteiger partial charge is 0.497 e. The van der Waals surface area contributed by atoms with Gasteiger partial charge in [-0.3, -0.25) is 0 Å². The number of morpholine rings is 1. The summed E-state index contributed by atoms with van der Waals surface area (Å²) in [5.74, 6) is 1.48. The molecule has 0 spiro atoms. The summed E-state index contributed by atoms with van der Waals surface area (Å²) >= 11 is 1.52. The highest BCUT2D eigenvalue weighted by Crippen LogP contribution is 2.28. The Morgan fingerprint density at radius 3 is 2.28 bits per heavy atom. The molecular weight excluding hydrogens is 602 g/mol. The molecule has 8 nitrogen and oxygen atoms in total. The van der Waals surface area contributed by atoms with E-state index in [1.165, 1.54) is 15.6 Å². The Morgan fingerprint density at radius 2 is 1.62 bits per heavy atom. The van der Waals surface area contributed by atoms with Crippen molar-refractivity contribution in [2.45, 2.75) is 11.4 Å². The monoisotopic (exact) mass is 631 g/mol. The molecule has 1 saturated heterocycles. The van der Waals surface area contributed by atoms with Crippen LogP contribution in [0, 0.1) is 0 Å². The number of sulfonamides is 1. The van der Waals surface area contributed by atoms with E-state index in [1.807, 2.05) is 66.0 Å². The molecule has 4 aromatic rings. The summed E-state index contributed by atoms with van der Waals surface area (Å²) in [6.07, 6.45) is 0. The number of thiazole rings is 1. The number of rotatable bonds is 8. The minimum atomic E-state index is -3.56. The molecule has 1 aliphatic heterocycles. The van der Waals surface area contributed by atoms with Gasteiger partial charge >= 0.3 is 0 Å². The molecule has 11 heteroatoms. The molecule has 0 radical (unpaired) electrons. The van der Waals surface area contributed by atoms with Crippen molar-refractivity contribution >= 4 is 44.0 Å².